The van der Waals surface area contributed by atoms with Gasteiger partial charge in [-0.25, -0.2) is 0 Å². The van der Waals surface area contributed by atoms with Crippen LogP contribution in [0.15, 0.2) is 48.7 Å². The molecule has 2 aromatic rings. The zero-order chi connectivity index (χ0) is 12.8. The zero-order valence-corrected chi connectivity index (χ0v) is 10.6. The number of pyridine rings is 1. The van der Waals surface area contributed by atoms with Crippen LogP contribution in [0.2, 0.25) is 0 Å². The summed E-state index contributed by atoms with van der Waals surface area (Å²) in [7, 11) is 0. The molecule has 1 aromatic carbocycles. The van der Waals surface area contributed by atoms with E-state index in [1.807, 2.05) is 30.3 Å². The minimum Gasteiger partial charge on any atom is -0.299 e. The lowest BCUT2D eigenvalue weighted by molar-refractivity contribution is -0.118. The maximum Gasteiger partial charge on any atom is 0.139 e. The van der Waals surface area contributed by atoms with E-state index < -0.39 is 0 Å². The minimum atomic E-state index is 0.247. The van der Waals surface area contributed by atoms with Crippen molar-refractivity contribution < 1.29 is 4.79 Å². The molecule has 0 amide bonds. The molecule has 0 radical (unpaired) electrons. The normalized spacial score (nSPS) is 10.3. The first-order valence-electron chi connectivity index (χ1n) is 6.22. The van der Waals surface area contributed by atoms with Gasteiger partial charge in [-0.3, -0.25) is 9.78 Å². The first-order chi connectivity index (χ1) is 8.75. The van der Waals surface area contributed by atoms with Gasteiger partial charge in [-0.05, 0) is 36.6 Å². The van der Waals surface area contributed by atoms with Crippen LogP contribution in [-0.4, -0.2) is 10.8 Å². The standard InChI is InChI=1S/C16H17NO/c1-13-6-2-3-7-14(13)9-10-16(18)12-15-8-4-5-11-17-15/h2-8,11H,9-10,12H2,1H3. The van der Waals surface area contributed by atoms with Crippen LogP contribution >= 0.6 is 0 Å². The second kappa shape index (κ2) is 6.10. The summed E-state index contributed by atoms with van der Waals surface area (Å²) in [6, 6.07) is 13.9. The highest BCUT2D eigenvalue weighted by molar-refractivity contribution is 5.80. The maximum absolute atomic E-state index is 11.9. The smallest absolute Gasteiger partial charge is 0.139 e. The van der Waals surface area contributed by atoms with Gasteiger partial charge in [-0.1, -0.05) is 30.3 Å². The van der Waals surface area contributed by atoms with Crippen LogP contribution < -0.4 is 0 Å². The van der Waals surface area contributed by atoms with Crippen LogP contribution in [0.1, 0.15) is 23.2 Å². The minimum absolute atomic E-state index is 0.247. The summed E-state index contributed by atoms with van der Waals surface area (Å²) in [6.45, 7) is 2.08. The zero-order valence-electron chi connectivity index (χ0n) is 10.6. The molecule has 1 heterocycles. The van der Waals surface area contributed by atoms with Crippen molar-refractivity contribution in [3.63, 3.8) is 0 Å². The Morgan fingerprint density at radius 1 is 1.11 bits per heavy atom. The number of hydrogen-bond acceptors (Lipinski definition) is 2. The number of ketones is 1. The van der Waals surface area contributed by atoms with Crippen molar-refractivity contribution in [3.05, 3.63) is 65.5 Å². The Hall–Kier alpha value is -1.96. The Morgan fingerprint density at radius 2 is 1.89 bits per heavy atom. The van der Waals surface area contributed by atoms with Crippen molar-refractivity contribution >= 4 is 5.78 Å². The van der Waals surface area contributed by atoms with E-state index in [1.54, 1.807) is 6.20 Å². The number of nitrogens with zero attached hydrogens (tertiary/aromatic N) is 1. The van der Waals surface area contributed by atoms with Crippen molar-refractivity contribution in [1.29, 1.82) is 0 Å². The average Bonchev–Trinajstić information content (AvgIpc) is 2.39. The highest BCUT2D eigenvalue weighted by atomic mass is 16.1. The van der Waals surface area contributed by atoms with Crippen molar-refractivity contribution in [2.24, 2.45) is 0 Å². The lowest BCUT2D eigenvalue weighted by Crippen LogP contribution is -2.06. The molecule has 0 spiro atoms. The summed E-state index contributed by atoms with van der Waals surface area (Å²) >= 11 is 0. The van der Waals surface area contributed by atoms with Crippen molar-refractivity contribution in [1.82, 2.24) is 4.98 Å². The summed E-state index contributed by atoms with van der Waals surface area (Å²) in [4.78, 5) is 16.0. The average molecular weight is 239 g/mol. The summed E-state index contributed by atoms with van der Waals surface area (Å²) < 4.78 is 0. The molecule has 0 aliphatic carbocycles. The molecule has 0 saturated heterocycles. The van der Waals surface area contributed by atoms with E-state index >= 15 is 0 Å². The summed E-state index contributed by atoms with van der Waals surface area (Å²) in [6.07, 6.45) is 3.57. The SMILES string of the molecule is Cc1ccccc1CCC(=O)Cc1ccccn1. The third-order valence-corrected chi connectivity index (χ3v) is 3.04. The van der Waals surface area contributed by atoms with E-state index in [4.69, 9.17) is 0 Å². The highest BCUT2D eigenvalue weighted by Gasteiger charge is 2.06. The van der Waals surface area contributed by atoms with Gasteiger partial charge >= 0.3 is 0 Å². The summed E-state index contributed by atoms with van der Waals surface area (Å²) in [5.41, 5.74) is 3.36. The number of aromatic nitrogens is 1. The number of hydrogen-bond donors (Lipinski definition) is 0. The number of carbonyl (C=O) groups is 1. The predicted molar refractivity (Wildman–Crippen MR) is 72.4 cm³/mol. The van der Waals surface area contributed by atoms with E-state index in [1.165, 1.54) is 11.1 Å². The molecular weight excluding hydrogens is 222 g/mol. The Labute approximate surface area is 108 Å². The fraction of sp³-hybridized carbons (Fsp3) is 0.250. The Morgan fingerprint density at radius 3 is 2.61 bits per heavy atom. The second-order valence-corrected chi connectivity index (χ2v) is 4.46. The van der Waals surface area contributed by atoms with Gasteiger partial charge in [0.15, 0.2) is 0 Å². The second-order valence-electron chi connectivity index (χ2n) is 4.46. The molecule has 0 saturated carbocycles. The Kier molecular flexibility index (Phi) is 4.24. The first kappa shape index (κ1) is 12.5. The van der Waals surface area contributed by atoms with Crippen LogP contribution in [0.3, 0.4) is 0 Å². The third-order valence-electron chi connectivity index (χ3n) is 3.04. The molecular formula is C16H17NO. The molecule has 0 atom stereocenters. The van der Waals surface area contributed by atoms with Gasteiger partial charge < -0.3 is 0 Å². The van der Waals surface area contributed by atoms with Crippen molar-refractivity contribution in [2.45, 2.75) is 26.2 Å². The molecule has 0 unspecified atom stereocenters. The van der Waals surface area contributed by atoms with Crippen molar-refractivity contribution in [3.8, 4) is 0 Å². The van der Waals surface area contributed by atoms with E-state index in [2.05, 4.69) is 24.0 Å². The molecule has 2 nitrogen and oxygen atoms in total. The number of rotatable bonds is 5. The van der Waals surface area contributed by atoms with Gasteiger partial charge in [0.2, 0.25) is 0 Å². The van der Waals surface area contributed by atoms with Gasteiger partial charge in [0.05, 0.1) is 0 Å². The number of Topliss-reactive ketones (excluding diaryl/α,β-unsaturated/α-hetero) is 1. The van der Waals surface area contributed by atoms with Crippen LogP contribution in [0.25, 0.3) is 0 Å². The van der Waals surface area contributed by atoms with Gasteiger partial charge in [0.25, 0.3) is 0 Å². The summed E-state index contributed by atoms with van der Waals surface area (Å²) in [5, 5.41) is 0. The molecule has 2 rings (SSSR count). The van der Waals surface area contributed by atoms with Crippen LogP contribution in [0.4, 0.5) is 0 Å². The van der Waals surface area contributed by atoms with E-state index in [-0.39, 0.29) is 5.78 Å². The van der Waals surface area contributed by atoms with Crippen LogP contribution in [-0.2, 0) is 17.6 Å². The van der Waals surface area contributed by atoms with Crippen molar-refractivity contribution in [2.75, 3.05) is 0 Å². The maximum atomic E-state index is 11.9. The largest absolute Gasteiger partial charge is 0.299 e. The third kappa shape index (κ3) is 3.52. The number of benzene rings is 1. The van der Waals surface area contributed by atoms with E-state index in [0.29, 0.717) is 12.8 Å². The lowest BCUT2D eigenvalue weighted by Gasteiger charge is -2.04. The highest BCUT2D eigenvalue weighted by Crippen LogP contribution is 2.10. The molecule has 0 fully saturated rings. The Balaban J connectivity index is 1.88. The van der Waals surface area contributed by atoms with Crippen LogP contribution in [0, 0.1) is 6.92 Å². The van der Waals surface area contributed by atoms with Crippen LogP contribution in [0.5, 0.6) is 0 Å². The van der Waals surface area contributed by atoms with E-state index in [9.17, 15) is 4.79 Å². The lowest BCUT2D eigenvalue weighted by atomic mass is 10.0. The topological polar surface area (TPSA) is 30.0 Å². The molecule has 0 bridgehead atoms. The molecule has 18 heavy (non-hydrogen) atoms. The molecule has 0 aliphatic heterocycles. The molecule has 1 aromatic heterocycles. The van der Waals surface area contributed by atoms with Gasteiger partial charge in [-0.15, -0.1) is 0 Å². The predicted octanol–water partition coefficient (Wildman–Crippen LogP) is 3.13. The van der Waals surface area contributed by atoms with E-state index in [0.717, 1.165) is 12.1 Å². The molecule has 0 aliphatic rings. The number of carbonyl (C=O) groups excluding carboxylic acids is 1. The van der Waals surface area contributed by atoms with Gasteiger partial charge in [-0.2, -0.15) is 0 Å². The summed E-state index contributed by atoms with van der Waals surface area (Å²) in [5.74, 6) is 0.247. The fourth-order valence-corrected chi connectivity index (χ4v) is 1.96. The molecule has 2 heteroatoms. The molecule has 92 valence electrons. The fourth-order valence-electron chi connectivity index (χ4n) is 1.96. The Bertz CT molecular complexity index is 520. The quantitative estimate of drug-likeness (QED) is 0.802. The first-order valence-corrected chi connectivity index (χ1v) is 6.22. The number of aryl methyl sites for hydroxylation is 2. The monoisotopic (exact) mass is 239 g/mol. The van der Waals surface area contributed by atoms with Gasteiger partial charge in [0.1, 0.15) is 5.78 Å². The van der Waals surface area contributed by atoms with Gasteiger partial charge in [0, 0.05) is 24.7 Å². The molecule has 0 N–H and O–H groups in total.